The summed E-state index contributed by atoms with van der Waals surface area (Å²) in [6, 6.07) is 48.7. The molecule has 0 saturated carbocycles. The van der Waals surface area contributed by atoms with E-state index in [1.165, 1.54) is 0 Å². The fraction of sp³-hybridized carbons (Fsp3) is 0.0189. The number of para-hydroxylation sites is 1. The number of aromatic amines is 4. The van der Waals surface area contributed by atoms with Gasteiger partial charge in [-0.2, -0.15) is 0 Å². The van der Waals surface area contributed by atoms with Gasteiger partial charge in [-0.25, -0.2) is 19.9 Å². The Morgan fingerprint density at radius 3 is 1.32 bits per heavy atom. The standard InChI is InChI=1S/C27H17N5O.C26H17N5O2/c1-2-4-24-19(3-1)15-25(33-24)27-30-21-8-6-18(14-23(21)32-27)17-5-7-20-22(13-17)31-26(29-20)16-9-11-28-12-10-16;1-4-19-21(30-25(28-19)15-7-9-27-10-8-15)11-16(1)17-2-5-20-22(12-17)31-26(29-20)18-3-6-23-24(13-18)33-14-32-23/h1-15H,(H,29,31)(H,30,32);1-13H,14H2,(H,28,30)(H,29,31). The molecule has 13 heteroatoms. The fourth-order valence-electron chi connectivity index (χ4n) is 8.45. The molecule has 66 heavy (non-hydrogen) atoms. The number of benzene rings is 6. The van der Waals surface area contributed by atoms with Crippen LogP contribution in [0.4, 0.5) is 0 Å². The van der Waals surface area contributed by atoms with Gasteiger partial charge in [-0.3, -0.25) is 9.97 Å². The first-order chi connectivity index (χ1) is 32.6. The molecule has 0 fully saturated rings. The van der Waals surface area contributed by atoms with E-state index in [2.05, 4.69) is 78.4 Å². The van der Waals surface area contributed by atoms with Crippen molar-refractivity contribution in [3.8, 4) is 79.5 Å². The SMILES string of the molecule is c1cc(-c2nc3ccc(-c4ccc5nc(-c6ccc7c(c6)OCO7)[nH]c5c4)cc3[nH]2)ccn1.c1ccc2oc(-c3nc4ccc(-c5ccc6nc(-c7ccncc7)[nH]c6c5)cc4[nH]3)cc2c1. The third kappa shape index (κ3) is 6.75. The predicted octanol–water partition coefficient (Wildman–Crippen LogP) is 12.1. The van der Waals surface area contributed by atoms with E-state index in [1.54, 1.807) is 24.8 Å². The third-order valence-electron chi connectivity index (χ3n) is 11.8. The van der Waals surface area contributed by atoms with Crippen molar-refractivity contribution >= 4 is 55.1 Å². The molecule has 0 bridgehead atoms. The Labute approximate surface area is 374 Å². The Bertz CT molecular complexity index is 3910. The van der Waals surface area contributed by atoms with E-state index in [9.17, 15) is 0 Å². The van der Waals surface area contributed by atoms with Crippen molar-refractivity contribution in [3.63, 3.8) is 0 Å². The summed E-state index contributed by atoms with van der Waals surface area (Å²) >= 11 is 0. The lowest BCUT2D eigenvalue weighted by Crippen LogP contribution is -1.92. The highest BCUT2D eigenvalue weighted by Crippen LogP contribution is 2.37. The molecule has 0 unspecified atom stereocenters. The van der Waals surface area contributed by atoms with Crippen molar-refractivity contribution in [2.24, 2.45) is 0 Å². The molecule has 8 heterocycles. The number of hydrogen-bond donors (Lipinski definition) is 4. The molecular formula is C53H34N10O3. The molecule has 14 rings (SSSR count). The molecule has 6 aromatic carbocycles. The zero-order chi connectivity index (χ0) is 43.6. The van der Waals surface area contributed by atoms with Gasteiger partial charge in [0.05, 0.1) is 44.1 Å². The summed E-state index contributed by atoms with van der Waals surface area (Å²) in [7, 11) is 0. The largest absolute Gasteiger partial charge is 0.454 e. The molecule has 7 aromatic heterocycles. The van der Waals surface area contributed by atoms with Crippen molar-refractivity contribution in [1.29, 1.82) is 0 Å². The fourth-order valence-corrected chi connectivity index (χ4v) is 8.45. The summed E-state index contributed by atoms with van der Waals surface area (Å²) in [5.74, 6) is 5.43. The van der Waals surface area contributed by atoms with Crippen molar-refractivity contribution < 1.29 is 13.9 Å². The van der Waals surface area contributed by atoms with Gasteiger partial charge in [0.25, 0.3) is 0 Å². The van der Waals surface area contributed by atoms with Crippen molar-refractivity contribution in [2.45, 2.75) is 0 Å². The lowest BCUT2D eigenvalue weighted by molar-refractivity contribution is 0.174. The molecule has 0 atom stereocenters. The zero-order valence-electron chi connectivity index (χ0n) is 34.8. The lowest BCUT2D eigenvalue weighted by atomic mass is 10.0. The van der Waals surface area contributed by atoms with Gasteiger partial charge in [0.1, 0.15) is 23.1 Å². The number of rotatable bonds is 6. The topological polar surface area (TPSA) is 172 Å². The van der Waals surface area contributed by atoms with Gasteiger partial charge in [-0.1, -0.05) is 42.5 Å². The Hall–Kier alpha value is -9.36. The smallest absolute Gasteiger partial charge is 0.231 e. The first kappa shape index (κ1) is 37.2. The summed E-state index contributed by atoms with van der Waals surface area (Å²) in [5, 5.41) is 1.06. The van der Waals surface area contributed by atoms with Gasteiger partial charge >= 0.3 is 0 Å². The maximum Gasteiger partial charge on any atom is 0.231 e. The molecule has 0 amide bonds. The van der Waals surface area contributed by atoms with Gasteiger partial charge in [-0.05, 0) is 125 Å². The molecule has 13 nitrogen and oxygen atoms in total. The van der Waals surface area contributed by atoms with Crippen LogP contribution in [0.2, 0.25) is 0 Å². The van der Waals surface area contributed by atoms with Crippen molar-refractivity contribution in [1.82, 2.24) is 49.8 Å². The van der Waals surface area contributed by atoms with Crippen LogP contribution in [0.25, 0.3) is 123 Å². The number of hydrogen-bond acceptors (Lipinski definition) is 9. The van der Waals surface area contributed by atoms with E-state index >= 15 is 0 Å². The highest BCUT2D eigenvalue weighted by Gasteiger charge is 2.17. The van der Waals surface area contributed by atoms with Gasteiger partial charge in [-0.15, -0.1) is 0 Å². The quantitative estimate of drug-likeness (QED) is 0.127. The molecular weight excluding hydrogens is 825 g/mol. The number of H-pyrrole nitrogens is 4. The highest BCUT2D eigenvalue weighted by molar-refractivity contribution is 5.91. The van der Waals surface area contributed by atoms with E-state index in [0.717, 1.165) is 135 Å². The average molecular weight is 859 g/mol. The molecule has 0 radical (unpaired) electrons. The number of ether oxygens (including phenoxy) is 2. The highest BCUT2D eigenvalue weighted by atomic mass is 16.7. The van der Waals surface area contributed by atoms with Crippen molar-refractivity contribution in [2.75, 3.05) is 6.79 Å². The van der Waals surface area contributed by atoms with Crippen LogP contribution in [0, 0.1) is 0 Å². The van der Waals surface area contributed by atoms with Crippen LogP contribution in [-0.2, 0) is 0 Å². The summed E-state index contributed by atoms with van der Waals surface area (Å²) < 4.78 is 16.9. The molecule has 0 saturated heterocycles. The van der Waals surface area contributed by atoms with E-state index in [4.69, 9.17) is 33.8 Å². The number of pyridine rings is 2. The van der Waals surface area contributed by atoms with Gasteiger partial charge in [0.2, 0.25) is 6.79 Å². The second-order valence-electron chi connectivity index (χ2n) is 16.0. The van der Waals surface area contributed by atoms with E-state index in [-0.39, 0.29) is 6.79 Å². The Balaban J connectivity index is 0.000000132. The second-order valence-corrected chi connectivity index (χ2v) is 16.0. The maximum absolute atomic E-state index is 5.98. The summed E-state index contributed by atoms with van der Waals surface area (Å²) in [6.45, 7) is 0.257. The van der Waals surface area contributed by atoms with Crippen LogP contribution in [-0.4, -0.2) is 56.6 Å². The normalized spacial score (nSPS) is 12.1. The number of aromatic nitrogens is 10. The molecule has 13 aromatic rings. The predicted molar refractivity (Wildman–Crippen MR) is 256 cm³/mol. The Morgan fingerprint density at radius 1 is 0.364 bits per heavy atom. The Morgan fingerprint density at radius 2 is 0.803 bits per heavy atom. The van der Waals surface area contributed by atoms with Gasteiger partial charge in [0.15, 0.2) is 23.1 Å². The summed E-state index contributed by atoms with van der Waals surface area (Å²) in [5.41, 5.74) is 15.8. The van der Waals surface area contributed by atoms with Crippen LogP contribution in [0.3, 0.4) is 0 Å². The van der Waals surface area contributed by atoms with Crippen LogP contribution in [0.5, 0.6) is 11.5 Å². The molecule has 4 N–H and O–H groups in total. The minimum absolute atomic E-state index is 0.257. The Kier molecular flexibility index (Phi) is 8.55. The zero-order valence-corrected chi connectivity index (χ0v) is 34.8. The maximum atomic E-state index is 5.98. The van der Waals surface area contributed by atoms with E-state index in [1.807, 2.05) is 97.1 Å². The monoisotopic (exact) mass is 858 g/mol. The minimum Gasteiger partial charge on any atom is -0.454 e. The van der Waals surface area contributed by atoms with E-state index in [0.29, 0.717) is 0 Å². The number of furan rings is 1. The van der Waals surface area contributed by atoms with Gasteiger partial charge < -0.3 is 33.8 Å². The molecule has 0 spiro atoms. The van der Waals surface area contributed by atoms with Crippen LogP contribution >= 0.6 is 0 Å². The molecule has 314 valence electrons. The lowest BCUT2D eigenvalue weighted by Gasteiger charge is -2.01. The summed E-state index contributed by atoms with van der Waals surface area (Å²) in [6.07, 6.45) is 7.08. The van der Waals surface area contributed by atoms with Crippen molar-refractivity contribution in [3.05, 3.63) is 170 Å². The number of imidazole rings is 4. The molecule has 1 aliphatic heterocycles. The number of nitrogens with one attached hydrogen (secondary N) is 4. The van der Waals surface area contributed by atoms with E-state index < -0.39 is 0 Å². The van der Waals surface area contributed by atoms with Crippen LogP contribution in [0.15, 0.2) is 175 Å². The first-order valence-corrected chi connectivity index (χ1v) is 21.3. The van der Waals surface area contributed by atoms with Crippen LogP contribution < -0.4 is 9.47 Å². The number of nitrogens with zero attached hydrogens (tertiary/aromatic N) is 6. The average Bonchev–Trinajstić information content (AvgIpc) is 4.24. The molecule has 0 aliphatic carbocycles. The van der Waals surface area contributed by atoms with Crippen LogP contribution in [0.1, 0.15) is 0 Å². The second kappa shape index (κ2) is 15.2. The molecule has 1 aliphatic rings. The first-order valence-electron chi connectivity index (χ1n) is 21.3. The number of fused-ring (bicyclic) bond motifs is 6. The minimum atomic E-state index is 0.257. The van der Waals surface area contributed by atoms with Gasteiger partial charge in [0, 0.05) is 46.9 Å². The third-order valence-corrected chi connectivity index (χ3v) is 11.8. The summed E-state index contributed by atoms with van der Waals surface area (Å²) in [4.78, 5) is 40.8.